The molecule has 1 N–H and O–H groups in total. The second-order valence-corrected chi connectivity index (χ2v) is 8.26. The summed E-state index contributed by atoms with van der Waals surface area (Å²) < 4.78 is 0. The van der Waals surface area contributed by atoms with Crippen LogP contribution in [0.3, 0.4) is 0 Å². The predicted molar refractivity (Wildman–Crippen MR) is 115 cm³/mol. The molecule has 0 spiro atoms. The standard InChI is InChI=1S/C22H37N5O/c1-3-12-26-14-6-15-27(17-16-26)21-9-8-19(18-24-21)22(28)23-11-10-20-7-4-5-13-25(20)2/h8-9,18,20H,3-7,10-17H2,1-2H3,(H,23,28)/t20-/m0/s1. The van der Waals surface area contributed by atoms with Gasteiger partial charge in [-0.3, -0.25) is 4.79 Å². The lowest BCUT2D eigenvalue weighted by Crippen LogP contribution is -2.39. The van der Waals surface area contributed by atoms with Gasteiger partial charge in [0, 0.05) is 38.4 Å². The van der Waals surface area contributed by atoms with Gasteiger partial charge in [-0.1, -0.05) is 13.3 Å². The Bertz CT molecular complexity index is 605. The molecule has 3 heterocycles. The van der Waals surface area contributed by atoms with Gasteiger partial charge in [-0.25, -0.2) is 4.98 Å². The van der Waals surface area contributed by atoms with E-state index in [4.69, 9.17) is 0 Å². The molecule has 6 heteroatoms. The van der Waals surface area contributed by atoms with E-state index in [1.807, 2.05) is 12.1 Å². The van der Waals surface area contributed by atoms with Crippen molar-refractivity contribution in [2.24, 2.45) is 0 Å². The van der Waals surface area contributed by atoms with E-state index >= 15 is 0 Å². The van der Waals surface area contributed by atoms with Crippen molar-refractivity contribution in [1.29, 1.82) is 0 Å². The summed E-state index contributed by atoms with van der Waals surface area (Å²) in [6.07, 6.45) is 8.97. The van der Waals surface area contributed by atoms with E-state index in [1.54, 1.807) is 6.20 Å². The smallest absolute Gasteiger partial charge is 0.252 e. The third-order valence-electron chi connectivity index (χ3n) is 6.15. The number of hydrogen-bond donors (Lipinski definition) is 1. The van der Waals surface area contributed by atoms with E-state index in [0.29, 0.717) is 11.6 Å². The fourth-order valence-electron chi connectivity index (χ4n) is 4.41. The van der Waals surface area contributed by atoms with E-state index in [2.05, 4.69) is 39.0 Å². The Morgan fingerprint density at radius 1 is 1.14 bits per heavy atom. The number of anilines is 1. The number of carbonyl (C=O) groups excluding carboxylic acids is 1. The molecule has 2 aliphatic rings. The van der Waals surface area contributed by atoms with Gasteiger partial charge in [-0.15, -0.1) is 0 Å². The highest BCUT2D eigenvalue weighted by Crippen LogP contribution is 2.17. The minimum absolute atomic E-state index is 0.0116. The summed E-state index contributed by atoms with van der Waals surface area (Å²) in [7, 11) is 2.19. The van der Waals surface area contributed by atoms with Crippen LogP contribution in [0.4, 0.5) is 5.82 Å². The normalized spacial score (nSPS) is 22.1. The van der Waals surface area contributed by atoms with Crippen LogP contribution in [-0.4, -0.2) is 79.6 Å². The van der Waals surface area contributed by atoms with Gasteiger partial charge in [0.15, 0.2) is 0 Å². The molecule has 0 saturated carbocycles. The zero-order chi connectivity index (χ0) is 19.8. The van der Waals surface area contributed by atoms with Crippen molar-refractivity contribution in [3.63, 3.8) is 0 Å². The minimum Gasteiger partial charge on any atom is -0.355 e. The van der Waals surface area contributed by atoms with Gasteiger partial charge in [0.05, 0.1) is 5.56 Å². The Morgan fingerprint density at radius 2 is 2.04 bits per heavy atom. The average Bonchev–Trinajstić information content (AvgIpc) is 2.95. The Hall–Kier alpha value is -1.66. The largest absolute Gasteiger partial charge is 0.355 e. The first-order chi connectivity index (χ1) is 13.7. The molecule has 1 amide bonds. The molecule has 0 radical (unpaired) electrons. The topological polar surface area (TPSA) is 51.7 Å². The van der Waals surface area contributed by atoms with Crippen LogP contribution in [0.2, 0.25) is 0 Å². The maximum absolute atomic E-state index is 12.4. The van der Waals surface area contributed by atoms with E-state index in [0.717, 1.165) is 38.4 Å². The quantitative estimate of drug-likeness (QED) is 0.779. The highest BCUT2D eigenvalue weighted by molar-refractivity contribution is 5.94. The third kappa shape index (κ3) is 5.92. The monoisotopic (exact) mass is 387 g/mol. The van der Waals surface area contributed by atoms with Gasteiger partial charge >= 0.3 is 0 Å². The van der Waals surface area contributed by atoms with Gasteiger partial charge in [-0.2, -0.15) is 0 Å². The summed E-state index contributed by atoms with van der Waals surface area (Å²) in [5.41, 5.74) is 0.656. The highest BCUT2D eigenvalue weighted by Gasteiger charge is 2.19. The van der Waals surface area contributed by atoms with Crippen LogP contribution < -0.4 is 10.2 Å². The van der Waals surface area contributed by atoms with E-state index < -0.39 is 0 Å². The first kappa shape index (κ1) is 21.1. The van der Waals surface area contributed by atoms with Gasteiger partial charge < -0.3 is 20.0 Å². The fourth-order valence-corrected chi connectivity index (χ4v) is 4.41. The molecule has 6 nitrogen and oxygen atoms in total. The molecule has 0 unspecified atom stereocenters. The molecule has 3 rings (SSSR count). The molecule has 1 aromatic heterocycles. The van der Waals surface area contributed by atoms with E-state index in [9.17, 15) is 4.79 Å². The summed E-state index contributed by atoms with van der Waals surface area (Å²) in [6.45, 7) is 9.62. The number of nitrogens with one attached hydrogen (secondary N) is 1. The summed E-state index contributed by atoms with van der Waals surface area (Å²) in [4.78, 5) is 24.3. The molecular formula is C22H37N5O. The number of likely N-dealkylation sites (tertiary alicyclic amines) is 1. The SMILES string of the molecule is CCCN1CCCN(c2ccc(C(=O)NCC[C@@H]3CCCCN3C)cn2)CC1. The van der Waals surface area contributed by atoms with Crippen molar-refractivity contribution < 1.29 is 4.79 Å². The lowest BCUT2D eigenvalue weighted by molar-refractivity contribution is 0.0945. The summed E-state index contributed by atoms with van der Waals surface area (Å²) in [5, 5.41) is 3.07. The number of amides is 1. The highest BCUT2D eigenvalue weighted by atomic mass is 16.1. The van der Waals surface area contributed by atoms with Crippen molar-refractivity contribution in [2.45, 2.75) is 51.5 Å². The van der Waals surface area contributed by atoms with Crippen molar-refractivity contribution in [1.82, 2.24) is 20.1 Å². The van der Waals surface area contributed by atoms with Crippen LogP contribution in [0, 0.1) is 0 Å². The van der Waals surface area contributed by atoms with Crippen LogP contribution in [0.15, 0.2) is 18.3 Å². The molecule has 28 heavy (non-hydrogen) atoms. The first-order valence-electron chi connectivity index (χ1n) is 11.1. The lowest BCUT2D eigenvalue weighted by Gasteiger charge is -2.32. The summed E-state index contributed by atoms with van der Waals surface area (Å²) in [6, 6.07) is 4.52. The Labute approximate surface area is 170 Å². The number of carbonyl (C=O) groups is 1. The molecule has 2 fully saturated rings. The molecule has 0 aromatic carbocycles. The van der Waals surface area contributed by atoms with E-state index in [1.165, 1.54) is 51.7 Å². The predicted octanol–water partition coefficient (Wildman–Crippen LogP) is 2.61. The number of pyridine rings is 1. The fraction of sp³-hybridized carbons (Fsp3) is 0.727. The average molecular weight is 388 g/mol. The maximum atomic E-state index is 12.4. The van der Waals surface area contributed by atoms with Crippen LogP contribution in [0.1, 0.15) is 55.8 Å². The summed E-state index contributed by atoms with van der Waals surface area (Å²) >= 11 is 0. The molecular weight excluding hydrogens is 350 g/mol. The molecule has 156 valence electrons. The number of aromatic nitrogens is 1. The van der Waals surface area contributed by atoms with Gasteiger partial charge in [-0.05, 0) is 70.9 Å². The Balaban J connectivity index is 1.46. The maximum Gasteiger partial charge on any atom is 0.252 e. The van der Waals surface area contributed by atoms with Crippen molar-refractivity contribution >= 4 is 11.7 Å². The molecule has 0 bridgehead atoms. The zero-order valence-corrected chi connectivity index (χ0v) is 17.7. The van der Waals surface area contributed by atoms with Crippen molar-refractivity contribution in [2.75, 3.05) is 57.8 Å². The minimum atomic E-state index is -0.0116. The molecule has 2 saturated heterocycles. The number of rotatable bonds is 7. The molecule has 1 aromatic rings. The van der Waals surface area contributed by atoms with Gasteiger partial charge in [0.25, 0.3) is 5.91 Å². The third-order valence-corrected chi connectivity index (χ3v) is 6.15. The second-order valence-electron chi connectivity index (χ2n) is 8.26. The number of nitrogens with zero attached hydrogens (tertiary/aromatic N) is 4. The van der Waals surface area contributed by atoms with Crippen LogP contribution in [-0.2, 0) is 0 Å². The Morgan fingerprint density at radius 3 is 2.79 bits per heavy atom. The van der Waals surface area contributed by atoms with Crippen LogP contribution in [0.5, 0.6) is 0 Å². The van der Waals surface area contributed by atoms with Gasteiger partial charge in [0.1, 0.15) is 5.82 Å². The summed E-state index contributed by atoms with van der Waals surface area (Å²) in [5.74, 6) is 0.973. The van der Waals surface area contributed by atoms with Crippen LogP contribution >= 0.6 is 0 Å². The zero-order valence-electron chi connectivity index (χ0n) is 17.7. The Kier molecular flexibility index (Phi) is 8.10. The second kappa shape index (κ2) is 10.8. The van der Waals surface area contributed by atoms with Crippen LogP contribution in [0.25, 0.3) is 0 Å². The van der Waals surface area contributed by atoms with Crippen molar-refractivity contribution in [3.05, 3.63) is 23.9 Å². The van der Waals surface area contributed by atoms with E-state index in [-0.39, 0.29) is 5.91 Å². The molecule has 2 aliphatic heterocycles. The van der Waals surface area contributed by atoms with Gasteiger partial charge in [0.2, 0.25) is 0 Å². The van der Waals surface area contributed by atoms with Crippen molar-refractivity contribution in [3.8, 4) is 0 Å². The number of piperidine rings is 1. The molecule has 0 aliphatic carbocycles. The lowest BCUT2D eigenvalue weighted by atomic mass is 10.0. The number of hydrogen-bond acceptors (Lipinski definition) is 5. The first-order valence-corrected chi connectivity index (χ1v) is 11.1. The molecule has 1 atom stereocenters.